The summed E-state index contributed by atoms with van der Waals surface area (Å²) in [5.41, 5.74) is 7.32. The third-order valence-electron chi connectivity index (χ3n) is 3.34. The first-order chi connectivity index (χ1) is 9.81. The zero-order chi connectivity index (χ0) is 16.0. The van der Waals surface area contributed by atoms with E-state index < -0.39 is 24.0 Å². The van der Waals surface area contributed by atoms with Gasteiger partial charge in [-0.1, -0.05) is 38.1 Å². The Kier molecular flexibility index (Phi) is 6.37. The van der Waals surface area contributed by atoms with Crippen LogP contribution in [-0.4, -0.2) is 29.1 Å². The second-order valence-electron chi connectivity index (χ2n) is 5.74. The summed E-state index contributed by atoms with van der Waals surface area (Å²) in [6.07, 6.45) is -0.451. The highest BCUT2D eigenvalue weighted by Gasteiger charge is 2.23. The molecule has 5 heteroatoms. The molecule has 1 rings (SSSR count). The highest BCUT2D eigenvalue weighted by Crippen LogP contribution is 2.10. The fourth-order valence-corrected chi connectivity index (χ4v) is 2.10. The van der Waals surface area contributed by atoms with Crippen LogP contribution in [0.3, 0.4) is 0 Å². The fraction of sp³-hybridized carbons (Fsp3) is 0.500. The monoisotopic (exact) mass is 292 g/mol. The van der Waals surface area contributed by atoms with Gasteiger partial charge in [-0.25, -0.2) is 0 Å². The number of primary amides is 1. The van der Waals surface area contributed by atoms with Crippen molar-refractivity contribution >= 4 is 11.8 Å². The van der Waals surface area contributed by atoms with Crippen molar-refractivity contribution in [2.24, 2.45) is 11.7 Å². The summed E-state index contributed by atoms with van der Waals surface area (Å²) in [4.78, 5) is 23.4. The maximum Gasteiger partial charge on any atom is 0.249 e. The summed E-state index contributed by atoms with van der Waals surface area (Å²) in [5.74, 6) is -0.974. The van der Waals surface area contributed by atoms with Gasteiger partial charge in [-0.05, 0) is 30.4 Å². The number of carbonyl (C=O) groups is 2. The minimum absolute atomic E-state index is 0.189. The minimum atomic E-state index is -1.12. The average molecular weight is 292 g/mol. The molecule has 0 heterocycles. The number of aryl methyl sites for hydroxylation is 1. The molecule has 0 aliphatic carbocycles. The van der Waals surface area contributed by atoms with Crippen LogP contribution in [0.25, 0.3) is 0 Å². The molecule has 1 aromatic carbocycles. The Morgan fingerprint density at radius 1 is 1.29 bits per heavy atom. The number of carbonyl (C=O) groups excluding carboxylic acids is 2. The molecular formula is C16H24N2O3. The van der Waals surface area contributed by atoms with Crippen molar-refractivity contribution in [2.75, 3.05) is 0 Å². The number of aliphatic hydroxyl groups is 1. The molecule has 0 fully saturated rings. The van der Waals surface area contributed by atoms with Crippen molar-refractivity contribution in [1.82, 2.24) is 5.32 Å². The quantitative estimate of drug-likeness (QED) is 0.697. The van der Waals surface area contributed by atoms with Gasteiger partial charge in [0.05, 0.1) is 0 Å². The lowest BCUT2D eigenvalue weighted by molar-refractivity contribution is -0.133. The maximum atomic E-state index is 11.9. The van der Waals surface area contributed by atoms with Gasteiger partial charge in [0.25, 0.3) is 0 Å². The number of nitrogens with two attached hydrogens (primary N) is 1. The summed E-state index contributed by atoms with van der Waals surface area (Å²) in [6.45, 7) is 5.76. The van der Waals surface area contributed by atoms with Gasteiger partial charge in [0.15, 0.2) is 0 Å². The van der Waals surface area contributed by atoms with Gasteiger partial charge in [-0.3, -0.25) is 9.59 Å². The number of benzene rings is 1. The van der Waals surface area contributed by atoms with E-state index in [-0.39, 0.29) is 5.92 Å². The van der Waals surface area contributed by atoms with E-state index in [1.54, 1.807) is 0 Å². The molecule has 116 valence electrons. The molecule has 0 saturated carbocycles. The predicted molar refractivity (Wildman–Crippen MR) is 81.5 cm³/mol. The highest BCUT2D eigenvalue weighted by atomic mass is 16.3. The highest BCUT2D eigenvalue weighted by molar-refractivity contribution is 5.88. The number of aliphatic hydroxyl groups excluding tert-OH is 1. The fourth-order valence-electron chi connectivity index (χ4n) is 2.10. The zero-order valence-corrected chi connectivity index (χ0v) is 12.8. The standard InChI is InChI=1S/C16H24N2O3/c1-10(2)8-14(19)16(21)18-13(15(17)20)9-12-7-5-4-6-11(12)3/h4-7,10,13-14,19H,8-9H2,1-3H3,(H2,17,20)(H,18,21)/t13-,14+/m0/s1. The van der Waals surface area contributed by atoms with Gasteiger partial charge < -0.3 is 16.2 Å². The SMILES string of the molecule is Cc1ccccc1C[C@H](NC(=O)[C@H](O)CC(C)C)C(N)=O. The molecule has 0 aliphatic rings. The molecule has 0 unspecified atom stereocenters. The number of amides is 2. The lowest BCUT2D eigenvalue weighted by Crippen LogP contribution is -2.49. The number of rotatable bonds is 7. The van der Waals surface area contributed by atoms with E-state index in [0.717, 1.165) is 11.1 Å². The summed E-state index contributed by atoms with van der Waals surface area (Å²) >= 11 is 0. The largest absolute Gasteiger partial charge is 0.383 e. The molecule has 0 aliphatic heterocycles. The van der Waals surface area contributed by atoms with Gasteiger partial charge in [0.1, 0.15) is 12.1 Å². The van der Waals surface area contributed by atoms with Crippen LogP contribution in [0.1, 0.15) is 31.4 Å². The molecule has 5 nitrogen and oxygen atoms in total. The number of nitrogens with one attached hydrogen (secondary N) is 1. The smallest absolute Gasteiger partial charge is 0.249 e. The summed E-state index contributed by atoms with van der Waals surface area (Å²) < 4.78 is 0. The average Bonchev–Trinajstić information content (AvgIpc) is 2.39. The molecule has 2 atom stereocenters. The van der Waals surface area contributed by atoms with E-state index in [1.165, 1.54) is 0 Å². The Labute approximate surface area is 125 Å². The molecular weight excluding hydrogens is 268 g/mol. The van der Waals surface area contributed by atoms with Crippen LogP contribution in [-0.2, 0) is 16.0 Å². The maximum absolute atomic E-state index is 11.9. The van der Waals surface area contributed by atoms with Crippen molar-refractivity contribution in [3.05, 3.63) is 35.4 Å². The van der Waals surface area contributed by atoms with E-state index in [9.17, 15) is 14.7 Å². The summed E-state index contributed by atoms with van der Waals surface area (Å²) in [7, 11) is 0. The molecule has 2 amide bonds. The van der Waals surface area contributed by atoms with Crippen molar-refractivity contribution in [2.45, 2.75) is 45.8 Å². The van der Waals surface area contributed by atoms with Crippen molar-refractivity contribution in [3.8, 4) is 0 Å². The first kappa shape index (κ1) is 17.2. The molecule has 0 spiro atoms. The minimum Gasteiger partial charge on any atom is -0.383 e. The van der Waals surface area contributed by atoms with Crippen LogP contribution >= 0.6 is 0 Å². The topological polar surface area (TPSA) is 92.4 Å². The van der Waals surface area contributed by atoms with E-state index in [0.29, 0.717) is 12.8 Å². The molecule has 1 aromatic rings. The van der Waals surface area contributed by atoms with Gasteiger partial charge in [0.2, 0.25) is 11.8 Å². The molecule has 0 aromatic heterocycles. The van der Waals surface area contributed by atoms with Crippen LogP contribution in [0.2, 0.25) is 0 Å². The van der Waals surface area contributed by atoms with E-state index in [1.807, 2.05) is 45.0 Å². The lowest BCUT2D eigenvalue weighted by atomic mass is 10.00. The van der Waals surface area contributed by atoms with Gasteiger partial charge in [0, 0.05) is 6.42 Å². The first-order valence-corrected chi connectivity index (χ1v) is 7.13. The van der Waals surface area contributed by atoms with Crippen molar-refractivity contribution in [3.63, 3.8) is 0 Å². The van der Waals surface area contributed by atoms with E-state index in [2.05, 4.69) is 5.32 Å². The summed E-state index contributed by atoms with van der Waals surface area (Å²) in [6, 6.07) is 6.78. The molecule has 0 bridgehead atoms. The van der Waals surface area contributed by atoms with E-state index >= 15 is 0 Å². The van der Waals surface area contributed by atoms with Crippen LogP contribution in [0, 0.1) is 12.8 Å². The number of hydrogen-bond acceptors (Lipinski definition) is 3. The van der Waals surface area contributed by atoms with Crippen molar-refractivity contribution < 1.29 is 14.7 Å². The molecule has 4 N–H and O–H groups in total. The third-order valence-corrected chi connectivity index (χ3v) is 3.34. The lowest BCUT2D eigenvalue weighted by Gasteiger charge is -2.19. The molecule has 0 radical (unpaired) electrons. The third kappa shape index (κ3) is 5.55. The summed E-state index contributed by atoms with van der Waals surface area (Å²) in [5, 5.41) is 12.3. The van der Waals surface area contributed by atoms with Crippen molar-refractivity contribution in [1.29, 1.82) is 0 Å². The Balaban J connectivity index is 2.73. The van der Waals surface area contributed by atoms with Gasteiger partial charge >= 0.3 is 0 Å². The number of hydrogen-bond donors (Lipinski definition) is 3. The van der Waals surface area contributed by atoms with Gasteiger partial charge in [-0.15, -0.1) is 0 Å². The van der Waals surface area contributed by atoms with Gasteiger partial charge in [-0.2, -0.15) is 0 Å². The van der Waals surface area contributed by atoms with Crippen LogP contribution in [0.5, 0.6) is 0 Å². The Bertz CT molecular complexity index is 500. The predicted octanol–water partition coefficient (Wildman–Crippen LogP) is 0.915. The van der Waals surface area contributed by atoms with Crippen LogP contribution < -0.4 is 11.1 Å². The normalized spacial score (nSPS) is 13.8. The first-order valence-electron chi connectivity index (χ1n) is 7.13. The Hall–Kier alpha value is -1.88. The molecule has 21 heavy (non-hydrogen) atoms. The Morgan fingerprint density at radius 3 is 2.43 bits per heavy atom. The second kappa shape index (κ2) is 7.78. The zero-order valence-electron chi connectivity index (χ0n) is 12.8. The Morgan fingerprint density at radius 2 is 1.90 bits per heavy atom. The molecule has 0 saturated heterocycles. The second-order valence-corrected chi connectivity index (χ2v) is 5.74. The van der Waals surface area contributed by atoms with Crippen LogP contribution in [0.15, 0.2) is 24.3 Å². The van der Waals surface area contributed by atoms with E-state index in [4.69, 9.17) is 5.73 Å². The van der Waals surface area contributed by atoms with Crippen LogP contribution in [0.4, 0.5) is 0 Å².